The molecule has 4 heteroatoms. The van der Waals surface area contributed by atoms with E-state index in [1.165, 1.54) is 11.6 Å². The van der Waals surface area contributed by atoms with E-state index in [0.29, 0.717) is 11.3 Å². The molecule has 100 valence electrons. The summed E-state index contributed by atoms with van der Waals surface area (Å²) in [4.78, 5) is 8.59. The fraction of sp³-hybridized carbons (Fsp3) is 0.125. The van der Waals surface area contributed by atoms with Crippen LogP contribution in [0.15, 0.2) is 42.5 Å². The van der Waals surface area contributed by atoms with E-state index in [1.54, 1.807) is 12.1 Å². The van der Waals surface area contributed by atoms with Crippen molar-refractivity contribution in [2.75, 3.05) is 0 Å². The number of aromatic nitrogens is 2. The minimum atomic E-state index is -0.402. The molecular formula is C16H12ClFN2. The molecule has 0 fully saturated rings. The highest BCUT2D eigenvalue weighted by molar-refractivity contribution is 6.34. The van der Waals surface area contributed by atoms with Crippen molar-refractivity contribution in [1.29, 1.82) is 0 Å². The zero-order chi connectivity index (χ0) is 14.1. The minimum absolute atomic E-state index is 0.141. The number of hydrogen-bond donors (Lipinski definition) is 0. The van der Waals surface area contributed by atoms with Gasteiger partial charge in [0.05, 0.1) is 10.9 Å². The Morgan fingerprint density at radius 3 is 2.50 bits per heavy atom. The Morgan fingerprint density at radius 2 is 1.80 bits per heavy atom. The van der Waals surface area contributed by atoms with Gasteiger partial charge in [-0.15, -0.1) is 0 Å². The average Bonchev–Trinajstić information content (AvgIpc) is 2.47. The molecule has 0 unspecified atom stereocenters. The molecule has 2 nitrogen and oxygen atoms in total. The molecule has 0 N–H and O–H groups in total. The zero-order valence-corrected chi connectivity index (χ0v) is 11.7. The van der Waals surface area contributed by atoms with Crippen molar-refractivity contribution in [3.8, 4) is 11.4 Å². The van der Waals surface area contributed by atoms with E-state index < -0.39 is 5.82 Å². The third-order valence-electron chi connectivity index (χ3n) is 3.25. The zero-order valence-electron chi connectivity index (χ0n) is 10.9. The molecule has 1 heterocycles. The van der Waals surface area contributed by atoms with Crippen molar-refractivity contribution >= 4 is 22.5 Å². The Hall–Kier alpha value is -2.00. The Bertz CT molecular complexity index is 769. The first-order chi connectivity index (χ1) is 9.69. The predicted molar refractivity (Wildman–Crippen MR) is 79.3 cm³/mol. The van der Waals surface area contributed by atoms with Crippen molar-refractivity contribution < 1.29 is 4.39 Å². The second-order valence-corrected chi connectivity index (χ2v) is 4.88. The van der Waals surface area contributed by atoms with Gasteiger partial charge in [0.2, 0.25) is 0 Å². The van der Waals surface area contributed by atoms with Gasteiger partial charge in [-0.1, -0.05) is 48.9 Å². The third kappa shape index (κ3) is 2.25. The Labute approximate surface area is 121 Å². The van der Waals surface area contributed by atoms with Crippen LogP contribution in [0.25, 0.3) is 22.3 Å². The van der Waals surface area contributed by atoms with Crippen LogP contribution in [0.1, 0.15) is 12.5 Å². The molecule has 1 aromatic heterocycles. The van der Waals surface area contributed by atoms with Crippen molar-refractivity contribution in [2.45, 2.75) is 13.3 Å². The van der Waals surface area contributed by atoms with Gasteiger partial charge < -0.3 is 0 Å². The average molecular weight is 287 g/mol. The van der Waals surface area contributed by atoms with E-state index in [4.69, 9.17) is 11.6 Å². The number of nitrogens with zero attached hydrogens (tertiary/aromatic N) is 2. The molecule has 0 atom stereocenters. The van der Waals surface area contributed by atoms with Crippen molar-refractivity contribution in [2.24, 2.45) is 0 Å². The molecule has 0 radical (unpaired) electrons. The summed E-state index contributed by atoms with van der Waals surface area (Å²) in [6.07, 6.45) is 0.977. The molecule has 0 amide bonds. The van der Waals surface area contributed by atoms with Crippen LogP contribution >= 0.6 is 11.6 Å². The van der Waals surface area contributed by atoms with Gasteiger partial charge >= 0.3 is 0 Å². The van der Waals surface area contributed by atoms with E-state index in [0.717, 1.165) is 12.0 Å². The standard InChI is InChI=1S/C16H12ClFN2/c1-2-10-6-8-11(9-7-10)16-19-13-5-3-4-12(18)14(13)15(17)20-16/h3-9H,2H2,1H3. The normalized spacial score (nSPS) is 10.9. The summed E-state index contributed by atoms with van der Waals surface area (Å²) in [6, 6.07) is 12.7. The van der Waals surface area contributed by atoms with E-state index >= 15 is 0 Å². The second-order valence-electron chi connectivity index (χ2n) is 4.52. The second kappa shape index (κ2) is 5.17. The lowest BCUT2D eigenvalue weighted by Gasteiger charge is -2.06. The van der Waals surface area contributed by atoms with Crippen molar-refractivity contribution in [3.63, 3.8) is 0 Å². The van der Waals surface area contributed by atoms with Crippen LogP contribution in [0, 0.1) is 5.82 Å². The predicted octanol–water partition coefficient (Wildman–Crippen LogP) is 4.65. The van der Waals surface area contributed by atoms with E-state index in [9.17, 15) is 4.39 Å². The number of halogens is 2. The third-order valence-corrected chi connectivity index (χ3v) is 3.52. The van der Waals surface area contributed by atoms with E-state index in [2.05, 4.69) is 16.9 Å². The summed E-state index contributed by atoms with van der Waals surface area (Å²) >= 11 is 6.08. The van der Waals surface area contributed by atoms with Crippen LogP contribution in [0.3, 0.4) is 0 Å². The lowest BCUT2D eigenvalue weighted by molar-refractivity contribution is 0.639. The van der Waals surface area contributed by atoms with Gasteiger partial charge in [-0.25, -0.2) is 14.4 Å². The minimum Gasteiger partial charge on any atom is -0.228 e. The maximum Gasteiger partial charge on any atom is 0.161 e. The molecule has 0 saturated carbocycles. The topological polar surface area (TPSA) is 25.8 Å². The Balaban J connectivity index is 2.17. The highest BCUT2D eigenvalue weighted by atomic mass is 35.5. The molecule has 2 aromatic carbocycles. The maximum atomic E-state index is 13.7. The monoisotopic (exact) mass is 286 g/mol. The van der Waals surface area contributed by atoms with Gasteiger partial charge in [0, 0.05) is 5.56 Å². The Kier molecular flexibility index (Phi) is 3.36. The first-order valence-electron chi connectivity index (χ1n) is 6.40. The quantitative estimate of drug-likeness (QED) is 0.641. The number of hydrogen-bond acceptors (Lipinski definition) is 2. The summed E-state index contributed by atoms with van der Waals surface area (Å²) in [5.41, 5.74) is 2.63. The largest absolute Gasteiger partial charge is 0.228 e. The first kappa shape index (κ1) is 13.0. The Morgan fingerprint density at radius 1 is 1.05 bits per heavy atom. The van der Waals surface area contributed by atoms with Crippen LogP contribution in [-0.4, -0.2) is 9.97 Å². The van der Waals surface area contributed by atoms with Crippen LogP contribution in [0.5, 0.6) is 0 Å². The molecule has 3 rings (SSSR count). The fourth-order valence-corrected chi connectivity index (χ4v) is 2.38. The summed E-state index contributed by atoms with van der Waals surface area (Å²) < 4.78 is 13.7. The summed E-state index contributed by atoms with van der Waals surface area (Å²) in [5, 5.41) is 0.408. The lowest BCUT2D eigenvalue weighted by Crippen LogP contribution is -1.94. The summed E-state index contributed by atoms with van der Waals surface area (Å²) in [5.74, 6) is 0.108. The molecule has 0 aliphatic carbocycles. The van der Waals surface area contributed by atoms with Gasteiger partial charge in [0.15, 0.2) is 5.82 Å². The molecule has 3 aromatic rings. The van der Waals surface area contributed by atoms with E-state index in [1.807, 2.05) is 24.3 Å². The van der Waals surface area contributed by atoms with Crippen molar-refractivity contribution in [1.82, 2.24) is 9.97 Å². The number of rotatable bonds is 2. The van der Waals surface area contributed by atoms with Crippen LogP contribution in [-0.2, 0) is 6.42 Å². The van der Waals surface area contributed by atoms with Gasteiger partial charge in [0.25, 0.3) is 0 Å². The van der Waals surface area contributed by atoms with Crippen LogP contribution in [0.2, 0.25) is 5.15 Å². The molecule has 20 heavy (non-hydrogen) atoms. The van der Waals surface area contributed by atoms with Crippen molar-refractivity contribution in [3.05, 3.63) is 59.0 Å². The molecule has 0 spiro atoms. The molecule has 0 bridgehead atoms. The lowest BCUT2D eigenvalue weighted by atomic mass is 10.1. The van der Waals surface area contributed by atoms with Gasteiger partial charge in [-0.05, 0) is 24.1 Å². The summed E-state index contributed by atoms with van der Waals surface area (Å²) in [7, 11) is 0. The fourth-order valence-electron chi connectivity index (χ4n) is 2.12. The van der Waals surface area contributed by atoms with Crippen LogP contribution < -0.4 is 0 Å². The number of aryl methyl sites for hydroxylation is 1. The van der Waals surface area contributed by atoms with Gasteiger partial charge in [-0.3, -0.25) is 0 Å². The maximum absolute atomic E-state index is 13.7. The molecule has 0 aliphatic heterocycles. The first-order valence-corrected chi connectivity index (χ1v) is 6.78. The van der Waals surface area contributed by atoms with Gasteiger partial charge in [-0.2, -0.15) is 0 Å². The molecule has 0 saturated heterocycles. The smallest absolute Gasteiger partial charge is 0.161 e. The van der Waals surface area contributed by atoms with E-state index in [-0.39, 0.29) is 10.5 Å². The molecule has 0 aliphatic rings. The van der Waals surface area contributed by atoms with Gasteiger partial charge in [0.1, 0.15) is 11.0 Å². The molecular weight excluding hydrogens is 275 g/mol. The highest BCUT2D eigenvalue weighted by Gasteiger charge is 2.11. The number of benzene rings is 2. The number of fused-ring (bicyclic) bond motifs is 1. The summed E-state index contributed by atoms with van der Waals surface area (Å²) in [6.45, 7) is 2.10. The van der Waals surface area contributed by atoms with Crippen LogP contribution in [0.4, 0.5) is 4.39 Å². The SMILES string of the molecule is CCc1ccc(-c2nc(Cl)c3c(F)cccc3n2)cc1. The highest BCUT2D eigenvalue weighted by Crippen LogP contribution is 2.26.